The van der Waals surface area contributed by atoms with Gasteiger partial charge in [-0.05, 0) is 66.4 Å². The van der Waals surface area contributed by atoms with Crippen LogP contribution >= 0.6 is 46.4 Å². The molecule has 0 spiro atoms. The van der Waals surface area contributed by atoms with E-state index >= 15 is 0 Å². The van der Waals surface area contributed by atoms with E-state index in [2.05, 4.69) is 5.32 Å². The number of anilines is 1. The van der Waals surface area contributed by atoms with Crippen molar-refractivity contribution in [2.45, 2.75) is 55.6 Å². The summed E-state index contributed by atoms with van der Waals surface area (Å²) in [7, 11) is -4.31. The summed E-state index contributed by atoms with van der Waals surface area (Å²) in [5.41, 5.74) is 1.51. The minimum atomic E-state index is -4.31. The second-order valence-corrected chi connectivity index (χ2v) is 14.9. The van der Waals surface area contributed by atoms with Gasteiger partial charge in [0.2, 0.25) is 11.8 Å². The van der Waals surface area contributed by atoms with E-state index in [1.807, 2.05) is 30.3 Å². The topological polar surface area (TPSA) is 86.8 Å². The van der Waals surface area contributed by atoms with Crippen LogP contribution < -0.4 is 9.62 Å². The minimum Gasteiger partial charge on any atom is -0.352 e. The van der Waals surface area contributed by atoms with E-state index < -0.39 is 28.5 Å². The molecular weight excluding hydrogens is 700 g/mol. The molecule has 246 valence electrons. The van der Waals surface area contributed by atoms with E-state index in [9.17, 15) is 18.0 Å². The third-order valence-corrected chi connectivity index (χ3v) is 11.1. The molecule has 2 amide bonds. The minimum absolute atomic E-state index is 0.00877. The molecule has 1 unspecified atom stereocenters. The van der Waals surface area contributed by atoms with Crippen molar-refractivity contribution in [1.29, 1.82) is 0 Å². The van der Waals surface area contributed by atoms with Crippen LogP contribution in [-0.2, 0) is 32.6 Å². The summed E-state index contributed by atoms with van der Waals surface area (Å²) in [6.07, 6.45) is 3.91. The van der Waals surface area contributed by atoms with Crippen molar-refractivity contribution in [3.8, 4) is 0 Å². The Morgan fingerprint density at radius 3 is 2.06 bits per heavy atom. The van der Waals surface area contributed by atoms with Gasteiger partial charge in [0.1, 0.15) is 12.6 Å². The molecule has 1 aliphatic carbocycles. The Morgan fingerprint density at radius 2 is 1.43 bits per heavy atom. The van der Waals surface area contributed by atoms with Crippen LogP contribution in [0.4, 0.5) is 5.69 Å². The lowest BCUT2D eigenvalue weighted by molar-refractivity contribution is -0.140. The first-order chi connectivity index (χ1) is 22.5. The SMILES string of the molecule is O=C(NC1CCCC1)C(Cc1ccccc1)N(Cc1ccc(Cl)c(Cl)c1)C(=O)CN(c1ccc(Cl)cc1Cl)S(=O)(=O)c1ccccc1. The van der Waals surface area contributed by atoms with E-state index in [4.69, 9.17) is 46.4 Å². The highest BCUT2D eigenvalue weighted by atomic mass is 35.5. The average molecular weight is 734 g/mol. The van der Waals surface area contributed by atoms with E-state index in [0.29, 0.717) is 15.6 Å². The van der Waals surface area contributed by atoms with Gasteiger partial charge < -0.3 is 10.2 Å². The Hall–Kier alpha value is -3.27. The maximum Gasteiger partial charge on any atom is 0.264 e. The van der Waals surface area contributed by atoms with Crippen LogP contribution in [0.2, 0.25) is 20.1 Å². The van der Waals surface area contributed by atoms with Crippen molar-refractivity contribution < 1.29 is 18.0 Å². The molecule has 0 bridgehead atoms. The lowest BCUT2D eigenvalue weighted by atomic mass is 10.0. The molecule has 1 saturated carbocycles. The Balaban J connectivity index is 1.59. The summed E-state index contributed by atoms with van der Waals surface area (Å²) in [5.74, 6) is -0.944. The molecule has 47 heavy (non-hydrogen) atoms. The van der Waals surface area contributed by atoms with E-state index in [1.165, 1.54) is 35.2 Å². The second kappa shape index (κ2) is 15.8. The molecule has 0 aromatic heterocycles. The molecule has 0 saturated heterocycles. The van der Waals surface area contributed by atoms with Gasteiger partial charge in [-0.25, -0.2) is 8.42 Å². The van der Waals surface area contributed by atoms with E-state index in [0.717, 1.165) is 35.6 Å². The normalized spacial score (nSPS) is 14.0. The number of hydrogen-bond acceptors (Lipinski definition) is 4. The number of amides is 2. The highest BCUT2D eigenvalue weighted by molar-refractivity contribution is 7.92. The molecule has 1 aliphatic rings. The van der Waals surface area contributed by atoms with Crippen LogP contribution in [0.1, 0.15) is 36.8 Å². The van der Waals surface area contributed by atoms with Gasteiger partial charge >= 0.3 is 0 Å². The molecule has 0 aliphatic heterocycles. The fraction of sp³-hybridized carbons (Fsp3) is 0.257. The summed E-state index contributed by atoms with van der Waals surface area (Å²) < 4.78 is 29.2. The summed E-state index contributed by atoms with van der Waals surface area (Å²) in [6, 6.07) is 25.5. The predicted octanol–water partition coefficient (Wildman–Crippen LogP) is 8.19. The molecular formula is C35H33Cl4N3O4S. The molecule has 4 aromatic carbocycles. The lowest BCUT2D eigenvalue weighted by Crippen LogP contribution is -2.54. The quantitative estimate of drug-likeness (QED) is 0.159. The molecule has 1 atom stereocenters. The van der Waals surface area contributed by atoms with Gasteiger partial charge in [0, 0.05) is 24.0 Å². The lowest BCUT2D eigenvalue weighted by Gasteiger charge is -2.34. The molecule has 0 heterocycles. The first-order valence-corrected chi connectivity index (χ1v) is 18.1. The zero-order valence-corrected chi connectivity index (χ0v) is 29.1. The second-order valence-electron chi connectivity index (χ2n) is 11.4. The van der Waals surface area contributed by atoms with Crippen LogP contribution in [0.15, 0.2) is 102 Å². The number of carbonyl (C=O) groups is 2. The first kappa shape index (κ1) is 35.0. The van der Waals surface area contributed by atoms with Crippen molar-refractivity contribution in [2.75, 3.05) is 10.8 Å². The van der Waals surface area contributed by atoms with Gasteiger partial charge in [0.15, 0.2) is 0 Å². The maximum atomic E-state index is 14.6. The number of sulfonamides is 1. The molecule has 7 nitrogen and oxygen atoms in total. The Bertz CT molecular complexity index is 1820. The Labute approximate surface area is 295 Å². The first-order valence-electron chi connectivity index (χ1n) is 15.1. The van der Waals surface area contributed by atoms with Gasteiger partial charge in [0.25, 0.3) is 10.0 Å². The molecule has 4 aromatic rings. The molecule has 0 radical (unpaired) electrons. The maximum absolute atomic E-state index is 14.6. The number of nitrogens with one attached hydrogen (secondary N) is 1. The highest BCUT2D eigenvalue weighted by Crippen LogP contribution is 2.33. The summed E-state index contributed by atoms with van der Waals surface area (Å²) in [4.78, 5) is 30.1. The smallest absolute Gasteiger partial charge is 0.264 e. The van der Waals surface area contributed by atoms with Gasteiger partial charge in [-0.3, -0.25) is 13.9 Å². The fourth-order valence-electron chi connectivity index (χ4n) is 5.67. The zero-order valence-electron chi connectivity index (χ0n) is 25.3. The van der Waals surface area contributed by atoms with Crippen LogP contribution in [-0.4, -0.2) is 43.8 Å². The Kier molecular flexibility index (Phi) is 11.7. The van der Waals surface area contributed by atoms with Gasteiger partial charge in [-0.1, -0.05) is 114 Å². The number of nitrogens with zero attached hydrogens (tertiary/aromatic N) is 2. The highest BCUT2D eigenvalue weighted by Gasteiger charge is 2.36. The van der Waals surface area contributed by atoms with Crippen molar-refractivity contribution in [3.63, 3.8) is 0 Å². The number of benzene rings is 4. The van der Waals surface area contributed by atoms with Gasteiger partial charge in [-0.15, -0.1) is 0 Å². The number of rotatable bonds is 12. The summed E-state index contributed by atoms with van der Waals surface area (Å²) >= 11 is 25.3. The van der Waals surface area contributed by atoms with Gasteiger partial charge in [-0.2, -0.15) is 0 Å². The summed E-state index contributed by atoms with van der Waals surface area (Å²) in [6.45, 7) is -0.694. The van der Waals surface area contributed by atoms with Crippen molar-refractivity contribution >= 4 is 73.9 Å². The van der Waals surface area contributed by atoms with E-state index in [1.54, 1.807) is 36.4 Å². The fourth-order valence-corrected chi connectivity index (χ4v) is 8.01. The number of halogens is 4. The van der Waals surface area contributed by atoms with Crippen LogP contribution in [0, 0.1) is 0 Å². The number of hydrogen-bond donors (Lipinski definition) is 1. The third kappa shape index (κ3) is 8.80. The van der Waals surface area contributed by atoms with Crippen molar-refractivity contribution in [3.05, 3.63) is 128 Å². The molecule has 1 N–H and O–H groups in total. The molecule has 1 fully saturated rings. The number of carbonyl (C=O) groups excluding carboxylic acids is 2. The predicted molar refractivity (Wildman–Crippen MR) is 189 cm³/mol. The van der Waals surface area contributed by atoms with Crippen LogP contribution in [0.25, 0.3) is 0 Å². The average Bonchev–Trinajstić information content (AvgIpc) is 3.57. The molecule has 12 heteroatoms. The van der Waals surface area contributed by atoms with E-state index in [-0.39, 0.29) is 45.5 Å². The van der Waals surface area contributed by atoms with Crippen LogP contribution in [0.5, 0.6) is 0 Å². The zero-order chi connectivity index (χ0) is 33.6. The van der Waals surface area contributed by atoms with Crippen molar-refractivity contribution in [1.82, 2.24) is 10.2 Å². The van der Waals surface area contributed by atoms with Gasteiger partial charge in [0.05, 0.1) is 25.7 Å². The molecule has 5 rings (SSSR count). The summed E-state index contributed by atoms with van der Waals surface area (Å²) in [5, 5.41) is 4.12. The largest absolute Gasteiger partial charge is 0.352 e. The third-order valence-electron chi connectivity index (χ3n) is 8.10. The monoisotopic (exact) mass is 731 g/mol. The van der Waals surface area contributed by atoms with Crippen LogP contribution in [0.3, 0.4) is 0 Å². The Morgan fingerprint density at radius 1 is 0.766 bits per heavy atom. The van der Waals surface area contributed by atoms with Crippen molar-refractivity contribution in [2.24, 2.45) is 0 Å². The standard InChI is InChI=1S/C35H33Cl4N3O4S/c36-26-16-18-32(31(39)21-26)42(47(45,46)28-13-5-2-6-14-28)23-34(43)41(22-25-15-17-29(37)30(38)19-25)33(20-24-9-3-1-4-10-24)35(44)40-27-11-7-8-12-27/h1-6,9-10,13-19,21,27,33H,7-8,11-12,20,22-23H2,(H,40,44).